The second-order valence-corrected chi connectivity index (χ2v) is 15.9. The van der Waals surface area contributed by atoms with Crippen LogP contribution in [0.3, 0.4) is 0 Å². The van der Waals surface area contributed by atoms with E-state index in [0.717, 1.165) is 83.0 Å². The van der Waals surface area contributed by atoms with Crippen molar-refractivity contribution in [3.8, 4) is 0 Å². The lowest BCUT2D eigenvalue weighted by Crippen LogP contribution is -2.43. The summed E-state index contributed by atoms with van der Waals surface area (Å²) in [5.74, 6) is 1.85. The molecule has 0 heterocycles. The van der Waals surface area contributed by atoms with Crippen LogP contribution in [-0.2, 0) is 43.1 Å². The van der Waals surface area contributed by atoms with Gasteiger partial charge in [0.15, 0.2) is 0 Å². The van der Waals surface area contributed by atoms with E-state index in [-0.39, 0.29) is 17.9 Å². The third-order valence-electron chi connectivity index (χ3n) is 13.0. The van der Waals surface area contributed by atoms with E-state index >= 15 is 0 Å². The molecule has 7 rings (SSSR count). The number of carbonyl (C=O) groups is 2. The molecule has 0 saturated heterocycles. The summed E-state index contributed by atoms with van der Waals surface area (Å²) in [4.78, 5) is 26.8. The van der Waals surface area contributed by atoms with Gasteiger partial charge in [-0.3, -0.25) is 0 Å². The number of hydrogen-bond donors (Lipinski definition) is 0. The molecular formula is C43H54O4. The van der Waals surface area contributed by atoms with Crippen LogP contribution in [0.1, 0.15) is 137 Å². The van der Waals surface area contributed by atoms with E-state index in [1.54, 1.807) is 13.8 Å². The lowest BCUT2D eigenvalue weighted by Gasteiger charge is -2.46. The molecule has 5 aliphatic carbocycles. The standard InChI is InChI=1S/C43H54O4/c1-28(2)40(44)46-42(23-9-7-14-31-13-5-6-19-37(31)42)34-16-11-15-32(27-34)35-18-12-20-38-36(35)17-8-10-24-43(38,47-41(45)29(3)4)39-26-30-21-22-33(39)25-30/h5-6,12-13,18-20,30,32-34,39H,1,3,7-11,14-17,21-27H2,2,4H3. The number of ether oxygens (including phenoxy) is 2. The molecule has 3 fully saturated rings. The molecule has 2 bridgehead atoms. The van der Waals surface area contributed by atoms with Crippen molar-refractivity contribution in [1.82, 2.24) is 0 Å². The summed E-state index contributed by atoms with van der Waals surface area (Å²) < 4.78 is 13.5. The highest BCUT2D eigenvalue weighted by Gasteiger charge is 2.55. The zero-order chi connectivity index (χ0) is 32.8. The molecule has 5 aliphatic rings. The molecule has 47 heavy (non-hydrogen) atoms. The molecule has 0 N–H and O–H groups in total. The van der Waals surface area contributed by atoms with Crippen LogP contribution < -0.4 is 0 Å². The van der Waals surface area contributed by atoms with Gasteiger partial charge in [0.1, 0.15) is 11.2 Å². The number of rotatable bonds is 7. The topological polar surface area (TPSA) is 52.6 Å². The van der Waals surface area contributed by atoms with Gasteiger partial charge in [-0.05, 0) is 149 Å². The van der Waals surface area contributed by atoms with E-state index < -0.39 is 11.2 Å². The normalized spacial score (nSPS) is 33.1. The van der Waals surface area contributed by atoms with Crippen LogP contribution in [0.5, 0.6) is 0 Å². The first kappa shape index (κ1) is 32.4. The average molecular weight is 635 g/mol. The Kier molecular flexibility index (Phi) is 9.00. The molecule has 7 unspecified atom stereocenters. The number of carbonyl (C=O) groups excluding carboxylic acids is 2. The van der Waals surface area contributed by atoms with Gasteiger partial charge in [0, 0.05) is 23.0 Å². The van der Waals surface area contributed by atoms with Crippen molar-refractivity contribution in [2.75, 3.05) is 0 Å². The van der Waals surface area contributed by atoms with Crippen LogP contribution >= 0.6 is 0 Å². The Hall–Kier alpha value is -3.14. The summed E-state index contributed by atoms with van der Waals surface area (Å²) in [5.41, 5.74) is 6.43. The Labute approximate surface area is 282 Å². The zero-order valence-electron chi connectivity index (χ0n) is 28.8. The van der Waals surface area contributed by atoms with Crippen LogP contribution in [0, 0.1) is 23.7 Å². The minimum absolute atomic E-state index is 0.224. The molecule has 7 atom stereocenters. The van der Waals surface area contributed by atoms with Gasteiger partial charge < -0.3 is 9.47 Å². The van der Waals surface area contributed by atoms with E-state index in [1.165, 1.54) is 53.5 Å². The molecule has 0 aromatic heterocycles. The molecule has 250 valence electrons. The maximum atomic E-state index is 13.4. The fraction of sp³-hybridized carbons (Fsp3) is 0.581. The molecule has 4 nitrogen and oxygen atoms in total. The summed E-state index contributed by atoms with van der Waals surface area (Å²) in [7, 11) is 0. The molecule has 2 aromatic rings. The van der Waals surface area contributed by atoms with Crippen LogP contribution in [0.4, 0.5) is 0 Å². The minimum atomic E-state index is -0.641. The molecule has 2 aromatic carbocycles. The first-order valence-corrected chi connectivity index (χ1v) is 18.7. The van der Waals surface area contributed by atoms with Crippen molar-refractivity contribution >= 4 is 11.9 Å². The number of hydrogen-bond acceptors (Lipinski definition) is 4. The number of benzene rings is 2. The number of esters is 2. The molecule has 3 saturated carbocycles. The lowest BCUT2D eigenvalue weighted by molar-refractivity contribution is -0.169. The summed E-state index contributed by atoms with van der Waals surface area (Å²) in [6, 6.07) is 15.6. The molecule has 0 radical (unpaired) electrons. The Balaban J connectivity index is 1.29. The quantitative estimate of drug-likeness (QED) is 0.173. The average Bonchev–Trinajstić information content (AvgIpc) is 3.61. The number of fused-ring (bicyclic) bond motifs is 4. The highest BCUT2D eigenvalue weighted by atomic mass is 16.6. The molecule has 0 spiro atoms. The van der Waals surface area contributed by atoms with E-state index in [4.69, 9.17) is 9.47 Å². The highest BCUT2D eigenvalue weighted by molar-refractivity contribution is 5.88. The van der Waals surface area contributed by atoms with Gasteiger partial charge in [-0.2, -0.15) is 0 Å². The van der Waals surface area contributed by atoms with Crippen LogP contribution in [0.2, 0.25) is 0 Å². The summed E-state index contributed by atoms with van der Waals surface area (Å²) in [6.07, 6.45) is 17.4. The van der Waals surface area contributed by atoms with Crippen LogP contribution in [0.25, 0.3) is 0 Å². The fourth-order valence-corrected chi connectivity index (χ4v) is 10.9. The summed E-state index contributed by atoms with van der Waals surface area (Å²) in [6.45, 7) is 11.5. The van der Waals surface area contributed by atoms with Crippen LogP contribution in [0.15, 0.2) is 66.8 Å². The monoisotopic (exact) mass is 634 g/mol. The Morgan fingerprint density at radius 3 is 2.13 bits per heavy atom. The van der Waals surface area contributed by atoms with Crippen LogP contribution in [-0.4, -0.2) is 11.9 Å². The van der Waals surface area contributed by atoms with Crippen molar-refractivity contribution in [3.63, 3.8) is 0 Å². The van der Waals surface area contributed by atoms with E-state index in [2.05, 4.69) is 55.6 Å². The van der Waals surface area contributed by atoms with E-state index in [1.807, 2.05) is 0 Å². The van der Waals surface area contributed by atoms with Gasteiger partial charge in [0.05, 0.1) is 0 Å². The van der Waals surface area contributed by atoms with E-state index in [0.29, 0.717) is 28.9 Å². The SMILES string of the molecule is C=C(C)C(=O)OC1(C2CCCC(c3cccc4c3CCCCC4(OC(=O)C(=C)C)C3CC4CCC3C4)C2)CCCCc2ccccc21. The van der Waals surface area contributed by atoms with Crippen molar-refractivity contribution in [1.29, 1.82) is 0 Å². The predicted octanol–water partition coefficient (Wildman–Crippen LogP) is 10.2. The van der Waals surface area contributed by atoms with Gasteiger partial charge >= 0.3 is 11.9 Å². The second-order valence-electron chi connectivity index (χ2n) is 15.9. The molecule has 0 aliphatic heterocycles. The third-order valence-corrected chi connectivity index (χ3v) is 13.0. The number of aryl methyl sites for hydroxylation is 1. The van der Waals surface area contributed by atoms with Crippen molar-refractivity contribution in [2.24, 2.45) is 23.7 Å². The largest absolute Gasteiger partial charge is 0.451 e. The first-order chi connectivity index (χ1) is 22.7. The van der Waals surface area contributed by atoms with Gasteiger partial charge in [0.2, 0.25) is 0 Å². The molecule has 4 heteroatoms. The Bertz CT molecular complexity index is 1550. The fourth-order valence-electron chi connectivity index (χ4n) is 10.9. The van der Waals surface area contributed by atoms with Crippen molar-refractivity contribution in [2.45, 2.75) is 134 Å². The van der Waals surface area contributed by atoms with Gasteiger partial charge in [-0.25, -0.2) is 9.59 Å². The summed E-state index contributed by atoms with van der Waals surface area (Å²) >= 11 is 0. The van der Waals surface area contributed by atoms with Gasteiger partial charge in [-0.1, -0.05) is 68.5 Å². The maximum absolute atomic E-state index is 13.4. The second kappa shape index (κ2) is 13.1. The van der Waals surface area contributed by atoms with Crippen molar-refractivity contribution in [3.05, 3.63) is 94.6 Å². The van der Waals surface area contributed by atoms with E-state index in [9.17, 15) is 9.59 Å². The molecule has 0 amide bonds. The molecular weight excluding hydrogens is 580 g/mol. The summed E-state index contributed by atoms with van der Waals surface area (Å²) in [5, 5.41) is 0. The third kappa shape index (κ3) is 5.82. The minimum Gasteiger partial charge on any atom is -0.451 e. The van der Waals surface area contributed by atoms with Crippen molar-refractivity contribution < 1.29 is 19.1 Å². The predicted molar refractivity (Wildman–Crippen MR) is 187 cm³/mol. The zero-order valence-corrected chi connectivity index (χ0v) is 28.8. The lowest BCUT2D eigenvalue weighted by atomic mass is 9.65. The van der Waals surface area contributed by atoms with Gasteiger partial charge in [-0.15, -0.1) is 0 Å². The first-order valence-electron chi connectivity index (χ1n) is 18.7. The highest BCUT2D eigenvalue weighted by Crippen LogP contribution is 2.59. The Morgan fingerprint density at radius 2 is 1.40 bits per heavy atom. The smallest absolute Gasteiger partial charge is 0.334 e. The van der Waals surface area contributed by atoms with Gasteiger partial charge in [0.25, 0.3) is 0 Å². The maximum Gasteiger partial charge on any atom is 0.334 e. The Morgan fingerprint density at radius 1 is 0.702 bits per heavy atom.